The monoisotopic (exact) mass is 231 g/mol. The van der Waals surface area contributed by atoms with E-state index in [2.05, 4.69) is 26.4 Å². The zero-order valence-corrected chi connectivity index (χ0v) is 10.2. The second kappa shape index (κ2) is 4.07. The Morgan fingerprint density at radius 2 is 2.35 bits per heavy atom. The highest BCUT2D eigenvalue weighted by atomic mass is 15.3. The molecule has 1 N–H and O–H groups in total. The van der Waals surface area contributed by atoms with Gasteiger partial charge < -0.3 is 5.32 Å². The van der Waals surface area contributed by atoms with Crippen LogP contribution in [-0.2, 0) is 6.42 Å². The number of nitrogens with one attached hydrogen (secondary N) is 1. The summed E-state index contributed by atoms with van der Waals surface area (Å²) in [5.41, 5.74) is 2.20. The molecule has 0 saturated heterocycles. The first-order valence-corrected chi connectivity index (χ1v) is 6.11. The molecule has 2 aromatic heterocycles. The van der Waals surface area contributed by atoms with Crippen LogP contribution < -0.4 is 5.32 Å². The van der Waals surface area contributed by atoms with E-state index < -0.39 is 0 Å². The van der Waals surface area contributed by atoms with Crippen LogP contribution in [-0.4, -0.2) is 32.7 Å². The third-order valence-corrected chi connectivity index (χ3v) is 3.44. The van der Waals surface area contributed by atoms with Gasteiger partial charge >= 0.3 is 0 Å². The maximum absolute atomic E-state index is 4.36. The molecule has 5 heteroatoms. The average Bonchev–Trinajstić information content (AvgIpc) is 3.04. The lowest BCUT2D eigenvalue weighted by Crippen LogP contribution is -2.30. The van der Waals surface area contributed by atoms with Gasteiger partial charge in [-0.3, -0.25) is 0 Å². The molecule has 1 atom stereocenters. The summed E-state index contributed by atoms with van der Waals surface area (Å²) in [6, 6.07) is 2.65. The normalized spacial score (nSPS) is 17.5. The lowest BCUT2D eigenvalue weighted by molar-refractivity contribution is 0.490. The van der Waals surface area contributed by atoms with Crippen molar-refractivity contribution in [3.05, 3.63) is 23.8 Å². The molecular weight excluding hydrogens is 214 g/mol. The van der Waals surface area contributed by atoms with Crippen molar-refractivity contribution >= 4 is 5.78 Å². The highest BCUT2D eigenvalue weighted by molar-refractivity contribution is 5.30. The van der Waals surface area contributed by atoms with Gasteiger partial charge in [-0.15, -0.1) is 0 Å². The van der Waals surface area contributed by atoms with E-state index in [1.54, 1.807) is 6.33 Å². The Morgan fingerprint density at radius 1 is 1.53 bits per heavy atom. The predicted molar refractivity (Wildman–Crippen MR) is 64.8 cm³/mol. The molecule has 0 amide bonds. The average molecular weight is 231 g/mol. The quantitative estimate of drug-likeness (QED) is 0.852. The Balaban J connectivity index is 1.95. The van der Waals surface area contributed by atoms with Gasteiger partial charge in [0, 0.05) is 23.9 Å². The van der Waals surface area contributed by atoms with E-state index in [0.29, 0.717) is 11.8 Å². The summed E-state index contributed by atoms with van der Waals surface area (Å²) >= 11 is 0. The van der Waals surface area contributed by atoms with Crippen molar-refractivity contribution in [1.82, 2.24) is 24.9 Å². The van der Waals surface area contributed by atoms with Crippen LogP contribution in [0.2, 0.25) is 0 Å². The molecule has 1 unspecified atom stereocenters. The maximum atomic E-state index is 4.36. The largest absolute Gasteiger partial charge is 0.316 e. The van der Waals surface area contributed by atoms with E-state index in [0.717, 1.165) is 18.0 Å². The zero-order valence-electron chi connectivity index (χ0n) is 10.2. The summed E-state index contributed by atoms with van der Waals surface area (Å²) in [6.45, 7) is 2.00. The standard InChI is InChI=1S/C12H17N5/c1-8-5-10(6-11(13-2)9-3-4-9)17-12(16-8)14-7-15-17/h5,7,9,11,13H,3-4,6H2,1-2H3. The van der Waals surface area contributed by atoms with E-state index in [4.69, 9.17) is 0 Å². The summed E-state index contributed by atoms with van der Waals surface area (Å²) in [6.07, 6.45) is 5.24. The molecule has 3 rings (SSSR count). The first-order chi connectivity index (χ1) is 8.28. The summed E-state index contributed by atoms with van der Waals surface area (Å²) < 4.78 is 1.85. The molecule has 5 nitrogen and oxygen atoms in total. The van der Waals surface area contributed by atoms with Gasteiger partial charge in [0.2, 0.25) is 0 Å². The molecule has 1 fully saturated rings. The Bertz CT molecular complexity index is 529. The predicted octanol–water partition coefficient (Wildman–Crippen LogP) is 0.973. The van der Waals surface area contributed by atoms with Gasteiger partial charge in [-0.05, 0) is 38.8 Å². The molecule has 2 heterocycles. The van der Waals surface area contributed by atoms with Crippen molar-refractivity contribution in [2.75, 3.05) is 7.05 Å². The molecule has 0 aromatic carbocycles. The molecule has 2 aromatic rings. The lowest BCUT2D eigenvalue weighted by atomic mass is 10.1. The number of likely N-dealkylation sites (N-methyl/N-ethyl adjacent to an activating group) is 1. The fraction of sp³-hybridized carbons (Fsp3) is 0.583. The molecule has 0 bridgehead atoms. The summed E-state index contributed by atoms with van der Waals surface area (Å²) in [4.78, 5) is 8.51. The van der Waals surface area contributed by atoms with Crippen LogP contribution in [0.15, 0.2) is 12.4 Å². The van der Waals surface area contributed by atoms with Gasteiger partial charge in [-0.1, -0.05) is 0 Å². The van der Waals surface area contributed by atoms with E-state index in [1.807, 2.05) is 18.5 Å². The molecule has 1 saturated carbocycles. The third kappa shape index (κ3) is 2.02. The van der Waals surface area contributed by atoms with E-state index in [-0.39, 0.29) is 0 Å². The van der Waals surface area contributed by atoms with Crippen LogP contribution in [0.5, 0.6) is 0 Å². The topological polar surface area (TPSA) is 55.1 Å². The van der Waals surface area contributed by atoms with Crippen LogP contribution in [0.25, 0.3) is 5.78 Å². The van der Waals surface area contributed by atoms with Gasteiger partial charge in [0.1, 0.15) is 6.33 Å². The molecule has 17 heavy (non-hydrogen) atoms. The van der Waals surface area contributed by atoms with E-state index >= 15 is 0 Å². The lowest BCUT2D eigenvalue weighted by Gasteiger charge is -2.15. The minimum atomic E-state index is 0.546. The zero-order chi connectivity index (χ0) is 11.8. The SMILES string of the molecule is CNC(Cc1cc(C)nc2ncnn12)C1CC1. The first kappa shape index (κ1) is 10.7. The number of aryl methyl sites for hydroxylation is 1. The minimum absolute atomic E-state index is 0.546. The number of hydrogen-bond donors (Lipinski definition) is 1. The highest BCUT2D eigenvalue weighted by Crippen LogP contribution is 2.33. The van der Waals surface area contributed by atoms with Gasteiger partial charge in [0.25, 0.3) is 5.78 Å². The number of rotatable bonds is 4. The number of hydrogen-bond acceptors (Lipinski definition) is 4. The second-order valence-electron chi connectivity index (χ2n) is 4.80. The Kier molecular flexibility index (Phi) is 2.55. The van der Waals surface area contributed by atoms with Crippen LogP contribution in [0.4, 0.5) is 0 Å². The van der Waals surface area contributed by atoms with Crippen LogP contribution in [0.3, 0.4) is 0 Å². The van der Waals surface area contributed by atoms with Crippen molar-refractivity contribution in [3.63, 3.8) is 0 Å². The van der Waals surface area contributed by atoms with E-state index in [9.17, 15) is 0 Å². The minimum Gasteiger partial charge on any atom is -0.316 e. The van der Waals surface area contributed by atoms with Crippen LogP contribution in [0.1, 0.15) is 24.2 Å². The summed E-state index contributed by atoms with van der Waals surface area (Å²) in [5, 5.41) is 7.65. The number of nitrogens with zero attached hydrogens (tertiary/aromatic N) is 4. The van der Waals surface area contributed by atoms with Crippen molar-refractivity contribution in [3.8, 4) is 0 Å². The Morgan fingerprint density at radius 3 is 3.06 bits per heavy atom. The fourth-order valence-electron chi connectivity index (χ4n) is 2.38. The van der Waals surface area contributed by atoms with Gasteiger partial charge in [-0.25, -0.2) is 9.50 Å². The van der Waals surface area contributed by atoms with Gasteiger partial charge in [-0.2, -0.15) is 10.1 Å². The number of fused-ring (bicyclic) bond motifs is 1. The van der Waals surface area contributed by atoms with Gasteiger partial charge in [0.15, 0.2) is 0 Å². The fourth-order valence-corrected chi connectivity index (χ4v) is 2.38. The molecule has 0 aliphatic heterocycles. The van der Waals surface area contributed by atoms with Crippen molar-refractivity contribution in [1.29, 1.82) is 0 Å². The first-order valence-electron chi connectivity index (χ1n) is 6.11. The smallest absolute Gasteiger partial charge is 0.252 e. The summed E-state index contributed by atoms with van der Waals surface area (Å²) in [5.74, 6) is 1.53. The van der Waals surface area contributed by atoms with Crippen molar-refractivity contribution in [2.24, 2.45) is 5.92 Å². The van der Waals surface area contributed by atoms with Crippen molar-refractivity contribution < 1.29 is 0 Å². The number of aromatic nitrogens is 4. The Labute approximate surface area is 100 Å². The molecular formula is C12H17N5. The Hall–Kier alpha value is -1.49. The van der Waals surface area contributed by atoms with Crippen LogP contribution in [0, 0.1) is 12.8 Å². The molecule has 90 valence electrons. The van der Waals surface area contributed by atoms with Crippen LogP contribution >= 0.6 is 0 Å². The van der Waals surface area contributed by atoms with Gasteiger partial charge in [0.05, 0.1) is 0 Å². The maximum Gasteiger partial charge on any atom is 0.252 e. The second-order valence-corrected chi connectivity index (χ2v) is 4.80. The summed E-state index contributed by atoms with van der Waals surface area (Å²) in [7, 11) is 2.04. The van der Waals surface area contributed by atoms with Crippen molar-refractivity contribution in [2.45, 2.75) is 32.2 Å². The molecule has 0 radical (unpaired) electrons. The molecule has 0 spiro atoms. The van der Waals surface area contributed by atoms with E-state index in [1.165, 1.54) is 18.5 Å². The molecule has 1 aliphatic rings. The third-order valence-electron chi connectivity index (χ3n) is 3.44. The highest BCUT2D eigenvalue weighted by Gasteiger charge is 2.30. The molecule has 1 aliphatic carbocycles.